The van der Waals surface area contributed by atoms with Crippen molar-refractivity contribution in [3.05, 3.63) is 72.1 Å². The molecule has 0 bridgehead atoms. The smallest absolute Gasteiger partial charge is 0.277 e. The standard InChI is InChI=1S/C17H18N4O3S/c22-25(23,19-13-14-7-3-1-4-8-14)18-12-11-16-20-17(24-21-16)15-9-5-2-6-10-15/h1-10,18-19H,11-13H2. The first-order chi connectivity index (χ1) is 12.1. The van der Waals surface area contributed by atoms with Crippen LogP contribution in [0.1, 0.15) is 11.4 Å². The number of rotatable bonds is 8. The van der Waals surface area contributed by atoms with E-state index in [1.54, 1.807) is 0 Å². The van der Waals surface area contributed by atoms with Gasteiger partial charge in [0.2, 0.25) is 0 Å². The summed E-state index contributed by atoms with van der Waals surface area (Å²) in [5.41, 5.74) is 1.71. The quantitative estimate of drug-likeness (QED) is 0.641. The maximum Gasteiger partial charge on any atom is 0.277 e. The molecule has 0 aliphatic carbocycles. The van der Waals surface area contributed by atoms with Gasteiger partial charge < -0.3 is 4.52 Å². The highest BCUT2D eigenvalue weighted by Gasteiger charge is 2.11. The highest BCUT2D eigenvalue weighted by Crippen LogP contribution is 2.15. The number of benzene rings is 2. The predicted molar refractivity (Wildman–Crippen MR) is 93.6 cm³/mol. The van der Waals surface area contributed by atoms with E-state index in [1.165, 1.54) is 0 Å². The number of nitrogens with one attached hydrogen (secondary N) is 2. The average Bonchev–Trinajstić information content (AvgIpc) is 3.11. The van der Waals surface area contributed by atoms with Crippen LogP contribution in [0.2, 0.25) is 0 Å². The first-order valence-corrected chi connectivity index (χ1v) is 9.27. The zero-order valence-corrected chi connectivity index (χ0v) is 14.2. The topological polar surface area (TPSA) is 97.1 Å². The Morgan fingerprint density at radius 3 is 2.32 bits per heavy atom. The lowest BCUT2D eigenvalue weighted by atomic mass is 10.2. The first-order valence-electron chi connectivity index (χ1n) is 7.78. The van der Waals surface area contributed by atoms with Gasteiger partial charge in [-0.3, -0.25) is 0 Å². The van der Waals surface area contributed by atoms with Gasteiger partial charge in [0, 0.05) is 25.1 Å². The fraction of sp³-hybridized carbons (Fsp3) is 0.176. The summed E-state index contributed by atoms with van der Waals surface area (Å²) in [7, 11) is -3.58. The molecule has 2 N–H and O–H groups in total. The van der Waals surface area contributed by atoms with Crippen LogP contribution in [0.4, 0.5) is 0 Å². The van der Waals surface area contributed by atoms with E-state index in [0.29, 0.717) is 18.1 Å². The number of hydrogen-bond donors (Lipinski definition) is 2. The molecule has 2 aromatic carbocycles. The molecule has 0 spiro atoms. The second kappa shape index (κ2) is 8.02. The van der Waals surface area contributed by atoms with Gasteiger partial charge in [-0.1, -0.05) is 53.7 Å². The van der Waals surface area contributed by atoms with Gasteiger partial charge in [-0.25, -0.2) is 4.72 Å². The van der Waals surface area contributed by atoms with Crippen molar-refractivity contribution in [2.45, 2.75) is 13.0 Å². The van der Waals surface area contributed by atoms with Gasteiger partial charge >= 0.3 is 0 Å². The number of nitrogens with zero attached hydrogens (tertiary/aromatic N) is 2. The second-order valence-electron chi connectivity index (χ2n) is 5.34. The van der Waals surface area contributed by atoms with E-state index >= 15 is 0 Å². The van der Waals surface area contributed by atoms with Crippen molar-refractivity contribution in [1.29, 1.82) is 0 Å². The molecule has 8 heteroatoms. The lowest BCUT2D eigenvalue weighted by Gasteiger charge is -2.07. The molecule has 0 amide bonds. The highest BCUT2D eigenvalue weighted by atomic mass is 32.2. The lowest BCUT2D eigenvalue weighted by molar-refractivity contribution is 0.422. The van der Waals surface area contributed by atoms with Crippen LogP contribution in [-0.2, 0) is 23.2 Å². The Kier molecular flexibility index (Phi) is 5.54. The van der Waals surface area contributed by atoms with Gasteiger partial charge in [-0.05, 0) is 17.7 Å². The minimum absolute atomic E-state index is 0.178. The molecule has 3 rings (SSSR count). The van der Waals surface area contributed by atoms with E-state index in [4.69, 9.17) is 4.52 Å². The van der Waals surface area contributed by atoms with Crippen molar-refractivity contribution in [3.8, 4) is 11.5 Å². The third kappa shape index (κ3) is 5.21. The normalized spacial score (nSPS) is 11.5. The van der Waals surface area contributed by atoms with Gasteiger partial charge in [0.15, 0.2) is 5.82 Å². The van der Waals surface area contributed by atoms with Gasteiger partial charge in [-0.2, -0.15) is 18.1 Å². The van der Waals surface area contributed by atoms with Crippen LogP contribution in [0.5, 0.6) is 0 Å². The molecule has 0 atom stereocenters. The summed E-state index contributed by atoms with van der Waals surface area (Å²) in [6.45, 7) is 0.411. The fourth-order valence-corrected chi connectivity index (χ4v) is 3.01. The first kappa shape index (κ1) is 17.3. The summed E-state index contributed by atoms with van der Waals surface area (Å²) in [6.07, 6.45) is 0.336. The Bertz CT molecular complexity index is 896. The SMILES string of the molecule is O=S(=O)(NCCc1noc(-c2ccccc2)n1)NCc1ccccc1. The summed E-state index contributed by atoms with van der Waals surface area (Å²) in [4.78, 5) is 4.26. The Balaban J connectivity index is 1.48. The summed E-state index contributed by atoms with van der Waals surface area (Å²) in [5.74, 6) is 0.866. The minimum Gasteiger partial charge on any atom is -0.334 e. The maximum absolute atomic E-state index is 11.9. The summed E-state index contributed by atoms with van der Waals surface area (Å²) >= 11 is 0. The van der Waals surface area contributed by atoms with E-state index < -0.39 is 10.2 Å². The van der Waals surface area contributed by atoms with E-state index in [0.717, 1.165) is 11.1 Å². The summed E-state index contributed by atoms with van der Waals surface area (Å²) < 4.78 is 34.0. The van der Waals surface area contributed by atoms with Crippen molar-refractivity contribution in [1.82, 2.24) is 19.6 Å². The van der Waals surface area contributed by atoms with Crippen LogP contribution < -0.4 is 9.44 Å². The van der Waals surface area contributed by atoms with Crippen molar-refractivity contribution in [2.75, 3.05) is 6.54 Å². The molecule has 7 nitrogen and oxygen atoms in total. The zero-order chi connectivity index (χ0) is 17.5. The molecule has 0 aliphatic rings. The third-order valence-corrected chi connectivity index (χ3v) is 4.55. The molecular formula is C17H18N4O3S. The molecule has 1 aromatic heterocycles. The molecule has 130 valence electrons. The molecule has 0 aliphatic heterocycles. The van der Waals surface area contributed by atoms with E-state index in [9.17, 15) is 8.42 Å². The van der Waals surface area contributed by atoms with Crippen molar-refractivity contribution >= 4 is 10.2 Å². The monoisotopic (exact) mass is 358 g/mol. The lowest BCUT2D eigenvalue weighted by Crippen LogP contribution is -2.37. The molecule has 0 saturated carbocycles. The van der Waals surface area contributed by atoms with Crippen LogP contribution in [0.25, 0.3) is 11.5 Å². The Hall–Kier alpha value is -2.55. The Morgan fingerprint density at radius 1 is 0.920 bits per heavy atom. The Morgan fingerprint density at radius 2 is 1.60 bits per heavy atom. The van der Waals surface area contributed by atoms with Crippen LogP contribution in [0.3, 0.4) is 0 Å². The number of hydrogen-bond acceptors (Lipinski definition) is 5. The molecule has 0 radical (unpaired) electrons. The van der Waals surface area contributed by atoms with E-state index in [2.05, 4.69) is 19.6 Å². The van der Waals surface area contributed by atoms with Crippen molar-refractivity contribution in [2.24, 2.45) is 0 Å². The van der Waals surface area contributed by atoms with E-state index in [-0.39, 0.29) is 13.1 Å². The largest absolute Gasteiger partial charge is 0.334 e. The highest BCUT2D eigenvalue weighted by molar-refractivity contribution is 7.87. The average molecular weight is 358 g/mol. The Labute approximate surface area is 146 Å². The van der Waals surface area contributed by atoms with Gasteiger partial charge in [0.25, 0.3) is 16.1 Å². The zero-order valence-electron chi connectivity index (χ0n) is 13.4. The maximum atomic E-state index is 11.9. The molecule has 0 unspecified atom stereocenters. The third-order valence-electron chi connectivity index (χ3n) is 3.44. The molecule has 3 aromatic rings. The minimum atomic E-state index is -3.58. The van der Waals surface area contributed by atoms with Crippen molar-refractivity contribution < 1.29 is 12.9 Å². The summed E-state index contributed by atoms with van der Waals surface area (Å²) in [5, 5.41) is 3.86. The second-order valence-corrected chi connectivity index (χ2v) is 6.92. The van der Waals surface area contributed by atoms with Crippen LogP contribution >= 0.6 is 0 Å². The number of aromatic nitrogens is 2. The van der Waals surface area contributed by atoms with Gasteiger partial charge in [0.1, 0.15) is 0 Å². The van der Waals surface area contributed by atoms with Crippen LogP contribution in [0, 0.1) is 0 Å². The fourth-order valence-electron chi connectivity index (χ4n) is 2.18. The summed E-state index contributed by atoms with van der Waals surface area (Å²) in [6, 6.07) is 18.7. The molecule has 0 fully saturated rings. The van der Waals surface area contributed by atoms with Gasteiger partial charge in [-0.15, -0.1) is 0 Å². The van der Waals surface area contributed by atoms with E-state index in [1.807, 2.05) is 60.7 Å². The van der Waals surface area contributed by atoms with Crippen molar-refractivity contribution in [3.63, 3.8) is 0 Å². The molecule has 25 heavy (non-hydrogen) atoms. The molecule has 0 saturated heterocycles. The molecule has 1 heterocycles. The van der Waals surface area contributed by atoms with Crippen LogP contribution in [0.15, 0.2) is 65.2 Å². The molecular weight excluding hydrogens is 340 g/mol. The predicted octanol–water partition coefficient (Wildman–Crippen LogP) is 1.90. The van der Waals surface area contributed by atoms with Crippen LogP contribution in [-0.4, -0.2) is 25.1 Å². The van der Waals surface area contributed by atoms with Gasteiger partial charge in [0.05, 0.1) is 0 Å².